The zero-order chi connectivity index (χ0) is 10.3. The Hall–Kier alpha value is -0.600. The molecule has 0 aliphatic carbocycles. The fraction of sp³-hybridized carbons (Fsp3) is 0.875. The van der Waals surface area contributed by atoms with E-state index in [4.69, 9.17) is 5.26 Å². The zero-order valence-electron chi connectivity index (χ0n) is 8.08. The summed E-state index contributed by atoms with van der Waals surface area (Å²) in [4.78, 5) is 0. The summed E-state index contributed by atoms with van der Waals surface area (Å²) >= 11 is 0. The Morgan fingerprint density at radius 3 is 2.54 bits per heavy atom. The van der Waals surface area contributed by atoms with Crippen molar-refractivity contribution in [3.05, 3.63) is 0 Å². The summed E-state index contributed by atoms with van der Waals surface area (Å²) in [5.41, 5.74) is 0. The van der Waals surface area contributed by atoms with Crippen molar-refractivity contribution in [3.63, 3.8) is 0 Å². The van der Waals surface area contributed by atoms with Crippen molar-refractivity contribution in [1.82, 2.24) is 4.72 Å². The first kappa shape index (κ1) is 12.4. The molecule has 4 nitrogen and oxygen atoms in total. The summed E-state index contributed by atoms with van der Waals surface area (Å²) < 4.78 is 24.9. The van der Waals surface area contributed by atoms with Crippen molar-refractivity contribution in [1.29, 1.82) is 5.26 Å². The number of unbranched alkanes of at least 4 members (excludes halogenated alkanes) is 1. The minimum absolute atomic E-state index is 0.133. The van der Waals surface area contributed by atoms with E-state index in [1.165, 1.54) is 0 Å². The number of nitriles is 1. The van der Waals surface area contributed by atoms with Gasteiger partial charge in [0, 0.05) is 13.0 Å². The molecule has 0 aliphatic heterocycles. The smallest absolute Gasteiger partial charge is 0.211 e. The SMILES string of the molecule is CC(C)CS(=O)(=O)NCCCC#N. The van der Waals surface area contributed by atoms with E-state index < -0.39 is 10.0 Å². The van der Waals surface area contributed by atoms with Gasteiger partial charge in [0.25, 0.3) is 0 Å². The predicted octanol–water partition coefficient (Wildman–Crippen LogP) is 0.866. The maximum atomic E-state index is 11.2. The van der Waals surface area contributed by atoms with Gasteiger partial charge in [-0.15, -0.1) is 0 Å². The first-order valence-corrected chi connectivity index (χ1v) is 5.97. The third-order valence-electron chi connectivity index (χ3n) is 1.34. The van der Waals surface area contributed by atoms with Crippen molar-refractivity contribution in [2.75, 3.05) is 12.3 Å². The van der Waals surface area contributed by atoms with Gasteiger partial charge in [-0.05, 0) is 12.3 Å². The Bertz CT molecular complexity index is 264. The molecule has 0 rings (SSSR count). The van der Waals surface area contributed by atoms with Crippen LogP contribution in [-0.2, 0) is 10.0 Å². The molecule has 0 spiro atoms. The zero-order valence-corrected chi connectivity index (χ0v) is 8.89. The molecule has 0 atom stereocenters. The molecule has 0 unspecified atom stereocenters. The van der Waals surface area contributed by atoms with E-state index in [0.717, 1.165) is 0 Å². The lowest BCUT2D eigenvalue weighted by atomic mass is 10.3. The van der Waals surface area contributed by atoms with Gasteiger partial charge in [-0.3, -0.25) is 0 Å². The van der Waals surface area contributed by atoms with Gasteiger partial charge in [-0.25, -0.2) is 13.1 Å². The van der Waals surface area contributed by atoms with Gasteiger partial charge in [0.05, 0.1) is 11.8 Å². The van der Waals surface area contributed by atoms with E-state index in [-0.39, 0.29) is 11.7 Å². The molecule has 0 aromatic heterocycles. The number of rotatable bonds is 6. The van der Waals surface area contributed by atoms with E-state index >= 15 is 0 Å². The second kappa shape index (κ2) is 5.95. The highest BCUT2D eigenvalue weighted by molar-refractivity contribution is 7.89. The van der Waals surface area contributed by atoms with Gasteiger partial charge < -0.3 is 0 Å². The van der Waals surface area contributed by atoms with Crippen LogP contribution in [0.3, 0.4) is 0 Å². The van der Waals surface area contributed by atoms with Crippen molar-refractivity contribution < 1.29 is 8.42 Å². The minimum atomic E-state index is -3.12. The first-order valence-electron chi connectivity index (χ1n) is 4.32. The molecule has 0 heterocycles. The molecule has 0 aromatic carbocycles. The van der Waals surface area contributed by atoms with Gasteiger partial charge in [0.15, 0.2) is 0 Å². The van der Waals surface area contributed by atoms with Gasteiger partial charge >= 0.3 is 0 Å². The highest BCUT2D eigenvalue weighted by atomic mass is 32.2. The van der Waals surface area contributed by atoms with Crippen LogP contribution in [0.15, 0.2) is 0 Å². The second-order valence-electron chi connectivity index (χ2n) is 3.33. The molecule has 5 heteroatoms. The summed E-state index contributed by atoms with van der Waals surface area (Å²) in [6, 6.07) is 1.96. The highest BCUT2D eigenvalue weighted by Gasteiger charge is 2.10. The quantitative estimate of drug-likeness (QED) is 0.652. The number of hydrogen-bond acceptors (Lipinski definition) is 3. The van der Waals surface area contributed by atoms with Crippen LogP contribution in [0, 0.1) is 17.2 Å². The summed E-state index contributed by atoms with van der Waals surface area (Å²) in [7, 11) is -3.12. The molecule has 0 amide bonds. The Morgan fingerprint density at radius 2 is 2.08 bits per heavy atom. The molecule has 0 radical (unpaired) electrons. The van der Waals surface area contributed by atoms with Crippen LogP contribution in [0.25, 0.3) is 0 Å². The van der Waals surface area contributed by atoms with Crippen LogP contribution in [0.2, 0.25) is 0 Å². The first-order chi connectivity index (χ1) is 5.98. The molecule has 0 saturated carbocycles. The molecule has 0 bridgehead atoms. The fourth-order valence-corrected chi connectivity index (χ4v) is 2.34. The molecule has 0 aliphatic rings. The van der Waals surface area contributed by atoms with Crippen LogP contribution in [0.5, 0.6) is 0 Å². The van der Waals surface area contributed by atoms with Crippen LogP contribution in [0.4, 0.5) is 0 Å². The second-order valence-corrected chi connectivity index (χ2v) is 5.18. The monoisotopic (exact) mass is 204 g/mol. The summed E-state index contributed by atoms with van der Waals surface area (Å²) in [5, 5.41) is 8.21. The van der Waals surface area contributed by atoms with Gasteiger partial charge in [-0.2, -0.15) is 5.26 Å². The Kier molecular flexibility index (Phi) is 5.67. The largest absolute Gasteiger partial charge is 0.215 e. The third-order valence-corrected chi connectivity index (χ3v) is 3.09. The van der Waals surface area contributed by atoms with Gasteiger partial charge in [0.2, 0.25) is 10.0 Å². The van der Waals surface area contributed by atoms with E-state index in [1.54, 1.807) is 0 Å². The molecule has 13 heavy (non-hydrogen) atoms. The standard InChI is InChI=1S/C8H16N2O2S/c1-8(2)7-13(11,12)10-6-4-3-5-9/h8,10H,3-4,6-7H2,1-2H3. The van der Waals surface area contributed by atoms with E-state index in [1.807, 2.05) is 19.9 Å². The topological polar surface area (TPSA) is 70.0 Å². The minimum Gasteiger partial charge on any atom is -0.215 e. The molecular formula is C8H16N2O2S. The van der Waals surface area contributed by atoms with E-state index in [0.29, 0.717) is 19.4 Å². The van der Waals surface area contributed by atoms with Crippen molar-refractivity contribution >= 4 is 10.0 Å². The molecule has 76 valence electrons. The fourth-order valence-electron chi connectivity index (χ4n) is 0.893. The Labute approximate surface area is 80.0 Å². The van der Waals surface area contributed by atoms with Crippen LogP contribution in [0.1, 0.15) is 26.7 Å². The maximum absolute atomic E-state index is 11.2. The average molecular weight is 204 g/mol. The Morgan fingerprint density at radius 1 is 1.46 bits per heavy atom. The van der Waals surface area contributed by atoms with Crippen molar-refractivity contribution in [2.45, 2.75) is 26.7 Å². The number of nitrogens with one attached hydrogen (secondary N) is 1. The van der Waals surface area contributed by atoms with E-state index in [2.05, 4.69) is 4.72 Å². The van der Waals surface area contributed by atoms with Crippen LogP contribution in [-0.4, -0.2) is 20.7 Å². The Balaban J connectivity index is 3.72. The van der Waals surface area contributed by atoms with Gasteiger partial charge in [-0.1, -0.05) is 13.8 Å². The van der Waals surface area contributed by atoms with Crippen LogP contribution >= 0.6 is 0 Å². The maximum Gasteiger partial charge on any atom is 0.211 e. The van der Waals surface area contributed by atoms with Crippen molar-refractivity contribution in [3.8, 4) is 6.07 Å². The lowest BCUT2D eigenvalue weighted by Crippen LogP contribution is -2.29. The number of sulfonamides is 1. The number of nitrogens with zero attached hydrogens (tertiary/aromatic N) is 1. The molecule has 0 aromatic rings. The number of hydrogen-bond donors (Lipinski definition) is 1. The van der Waals surface area contributed by atoms with Crippen LogP contribution < -0.4 is 4.72 Å². The lowest BCUT2D eigenvalue weighted by molar-refractivity contribution is 0.566. The molecule has 1 N–H and O–H groups in total. The highest BCUT2D eigenvalue weighted by Crippen LogP contribution is 1.97. The van der Waals surface area contributed by atoms with Crippen molar-refractivity contribution in [2.24, 2.45) is 5.92 Å². The lowest BCUT2D eigenvalue weighted by Gasteiger charge is -2.07. The molecule has 0 saturated heterocycles. The summed E-state index contributed by atoms with van der Waals surface area (Å²) in [6.45, 7) is 4.08. The normalized spacial score (nSPS) is 11.5. The van der Waals surface area contributed by atoms with E-state index in [9.17, 15) is 8.42 Å². The third kappa shape index (κ3) is 7.75. The molecular weight excluding hydrogens is 188 g/mol. The summed E-state index contributed by atoms with van der Waals surface area (Å²) in [6.07, 6.45) is 0.970. The predicted molar refractivity (Wildman–Crippen MR) is 51.5 cm³/mol. The molecule has 0 fully saturated rings. The average Bonchev–Trinajstić information content (AvgIpc) is 1.95. The summed E-state index contributed by atoms with van der Waals surface area (Å²) in [5.74, 6) is 0.285. The van der Waals surface area contributed by atoms with Gasteiger partial charge in [0.1, 0.15) is 0 Å².